The SMILES string of the molecule is COc1ccc([C@@H](OC(=O)Nc2ccc(C(C)=O)cc2)C(C)(C)/C=C/C(=O)NO)cc1O. The second-order valence-electron chi connectivity index (χ2n) is 7.61. The summed E-state index contributed by atoms with van der Waals surface area (Å²) in [5, 5.41) is 21.5. The number of aromatic hydroxyl groups is 1. The largest absolute Gasteiger partial charge is 0.504 e. The van der Waals surface area contributed by atoms with Crippen LogP contribution in [0.2, 0.25) is 0 Å². The van der Waals surface area contributed by atoms with E-state index in [0.29, 0.717) is 16.8 Å². The lowest BCUT2D eigenvalue weighted by atomic mass is 9.82. The normalized spacial score (nSPS) is 12.2. The molecule has 0 aliphatic carbocycles. The Balaban J connectivity index is 2.32. The molecule has 0 fully saturated rings. The Morgan fingerprint density at radius 3 is 2.28 bits per heavy atom. The summed E-state index contributed by atoms with van der Waals surface area (Å²) >= 11 is 0. The molecule has 4 N–H and O–H groups in total. The highest BCUT2D eigenvalue weighted by atomic mass is 16.6. The molecule has 0 aliphatic heterocycles. The van der Waals surface area contributed by atoms with E-state index in [1.54, 1.807) is 44.2 Å². The Bertz CT molecular complexity index is 1010. The minimum absolute atomic E-state index is 0.0982. The molecule has 0 saturated heterocycles. The Morgan fingerprint density at radius 1 is 1.09 bits per heavy atom. The number of amides is 2. The van der Waals surface area contributed by atoms with Crippen molar-refractivity contribution in [3.05, 3.63) is 65.7 Å². The first-order chi connectivity index (χ1) is 15.1. The number of anilines is 1. The third-order valence-electron chi connectivity index (χ3n) is 4.72. The van der Waals surface area contributed by atoms with Crippen LogP contribution in [0.3, 0.4) is 0 Å². The number of Topliss-reactive ketones (excluding diaryl/α,β-unsaturated/α-hetero) is 1. The molecule has 2 rings (SSSR count). The molecule has 0 heterocycles. The van der Waals surface area contributed by atoms with Gasteiger partial charge >= 0.3 is 6.09 Å². The standard InChI is InChI=1S/C23H26N2O7/c1-14(26)15-5-8-17(9-6-15)24-22(29)32-21(23(2,3)12-11-20(28)25-30)16-7-10-19(31-4)18(27)13-16/h5-13,21,27,30H,1-4H3,(H,24,29)(H,25,28)/b12-11+/t21-/m1/s1. The number of phenols is 1. The smallest absolute Gasteiger partial charge is 0.412 e. The zero-order chi connectivity index (χ0) is 23.9. The summed E-state index contributed by atoms with van der Waals surface area (Å²) in [4.78, 5) is 35.5. The van der Waals surface area contributed by atoms with E-state index in [0.717, 1.165) is 6.08 Å². The number of carbonyl (C=O) groups excluding carboxylic acids is 3. The van der Waals surface area contributed by atoms with Crippen molar-refractivity contribution in [1.82, 2.24) is 5.48 Å². The van der Waals surface area contributed by atoms with Crippen LogP contribution < -0.4 is 15.5 Å². The number of hydrogen-bond acceptors (Lipinski definition) is 7. The van der Waals surface area contributed by atoms with Crippen LogP contribution >= 0.6 is 0 Å². The van der Waals surface area contributed by atoms with E-state index in [1.165, 1.54) is 37.7 Å². The molecule has 2 aromatic carbocycles. The van der Waals surface area contributed by atoms with Gasteiger partial charge in [-0.2, -0.15) is 0 Å². The summed E-state index contributed by atoms with van der Waals surface area (Å²) < 4.78 is 10.7. The van der Waals surface area contributed by atoms with Gasteiger partial charge in [-0.3, -0.25) is 20.1 Å². The predicted octanol–water partition coefficient (Wildman–Crippen LogP) is 3.98. The first-order valence-corrected chi connectivity index (χ1v) is 9.66. The number of rotatable bonds is 8. The van der Waals surface area contributed by atoms with Crippen LogP contribution in [0.25, 0.3) is 0 Å². The van der Waals surface area contributed by atoms with Crippen LogP contribution in [0, 0.1) is 5.41 Å². The average molecular weight is 442 g/mol. The van der Waals surface area contributed by atoms with Gasteiger partial charge in [-0.05, 0) is 48.9 Å². The third kappa shape index (κ3) is 6.32. The molecule has 2 aromatic rings. The van der Waals surface area contributed by atoms with Crippen molar-refractivity contribution in [2.45, 2.75) is 26.9 Å². The predicted molar refractivity (Wildman–Crippen MR) is 117 cm³/mol. The Kier molecular flexibility index (Phi) is 7.97. The average Bonchev–Trinajstić information content (AvgIpc) is 2.76. The molecule has 9 heteroatoms. The molecule has 0 aliphatic rings. The number of nitrogens with one attached hydrogen (secondary N) is 2. The van der Waals surface area contributed by atoms with Gasteiger partial charge in [0, 0.05) is 22.7 Å². The van der Waals surface area contributed by atoms with E-state index in [1.807, 2.05) is 0 Å². The molecule has 0 saturated carbocycles. The summed E-state index contributed by atoms with van der Waals surface area (Å²) in [5.74, 6) is -0.745. The van der Waals surface area contributed by atoms with Gasteiger partial charge in [0.05, 0.1) is 7.11 Å². The van der Waals surface area contributed by atoms with E-state index >= 15 is 0 Å². The monoisotopic (exact) mass is 442 g/mol. The van der Waals surface area contributed by atoms with Gasteiger partial charge in [-0.25, -0.2) is 10.3 Å². The summed E-state index contributed by atoms with van der Waals surface area (Å²) in [6.45, 7) is 4.88. The second kappa shape index (κ2) is 10.5. The van der Waals surface area contributed by atoms with Gasteiger partial charge in [0.2, 0.25) is 0 Å². The number of hydroxylamine groups is 1. The van der Waals surface area contributed by atoms with Crippen LogP contribution in [0.1, 0.15) is 42.8 Å². The highest BCUT2D eigenvalue weighted by molar-refractivity contribution is 5.95. The number of hydrogen-bond donors (Lipinski definition) is 4. The molecule has 0 spiro atoms. The maximum absolute atomic E-state index is 12.6. The fourth-order valence-electron chi connectivity index (χ4n) is 2.98. The Hall–Kier alpha value is -3.85. The number of carbonyl (C=O) groups is 3. The van der Waals surface area contributed by atoms with Crippen LogP contribution in [0.5, 0.6) is 11.5 Å². The van der Waals surface area contributed by atoms with Crippen molar-refractivity contribution in [1.29, 1.82) is 0 Å². The van der Waals surface area contributed by atoms with Crippen LogP contribution in [0.15, 0.2) is 54.6 Å². The summed E-state index contributed by atoms with van der Waals surface area (Å²) in [6, 6.07) is 10.9. The van der Waals surface area contributed by atoms with Gasteiger partial charge < -0.3 is 14.6 Å². The number of benzene rings is 2. The molecule has 0 bridgehead atoms. The fraction of sp³-hybridized carbons (Fsp3) is 0.261. The number of methoxy groups -OCH3 is 1. The van der Waals surface area contributed by atoms with Crippen molar-refractivity contribution in [3.8, 4) is 11.5 Å². The molecule has 1 atom stereocenters. The van der Waals surface area contributed by atoms with Crippen LogP contribution in [-0.2, 0) is 9.53 Å². The van der Waals surface area contributed by atoms with E-state index in [-0.39, 0.29) is 17.3 Å². The van der Waals surface area contributed by atoms with E-state index in [4.69, 9.17) is 14.7 Å². The number of phenolic OH excluding ortho intramolecular Hbond substituents is 1. The highest BCUT2D eigenvalue weighted by Gasteiger charge is 2.33. The zero-order valence-electron chi connectivity index (χ0n) is 18.2. The number of ketones is 1. The maximum Gasteiger partial charge on any atom is 0.412 e. The first-order valence-electron chi connectivity index (χ1n) is 9.66. The molecular formula is C23H26N2O7. The van der Waals surface area contributed by atoms with Gasteiger partial charge in [0.15, 0.2) is 17.3 Å². The van der Waals surface area contributed by atoms with Crippen molar-refractivity contribution in [2.24, 2.45) is 5.41 Å². The summed E-state index contributed by atoms with van der Waals surface area (Å²) in [6.07, 6.45) is 0.866. The molecule has 32 heavy (non-hydrogen) atoms. The van der Waals surface area contributed by atoms with Gasteiger partial charge in [0.1, 0.15) is 6.10 Å². The lowest BCUT2D eigenvalue weighted by molar-refractivity contribution is -0.124. The van der Waals surface area contributed by atoms with Crippen molar-refractivity contribution in [2.75, 3.05) is 12.4 Å². The van der Waals surface area contributed by atoms with Gasteiger partial charge in [0.25, 0.3) is 5.91 Å². The highest BCUT2D eigenvalue weighted by Crippen LogP contribution is 2.41. The molecular weight excluding hydrogens is 416 g/mol. The van der Waals surface area contributed by atoms with E-state index in [9.17, 15) is 19.5 Å². The van der Waals surface area contributed by atoms with Crippen molar-refractivity contribution >= 4 is 23.5 Å². The minimum Gasteiger partial charge on any atom is -0.504 e. The molecule has 170 valence electrons. The molecule has 0 radical (unpaired) electrons. The quantitative estimate of drug-likeness (QED) is 0.210. The van der Waals surface area contributed by atoms with E-state index in [2.05, 4.69) is 5.32 Å². The lowest BCUT2D eigenvalue weighted by Gasteiger charge is -2.32. The van der Waals surface area contributed by atoms with E-state index < -0.39 is 23.5 Å². The van der Waals surface area contributed by atoms with Crippen LogP contribution in [0.4, 0.5) is 10.5 Å². The maximum atomic E-state index is 12.6. The zero-order valence-corrected chi connectivity index (χ0v) is 18.2. The minimum atomic E-state index is -0.932. The Labute approximate surface area is 185 Å². The fourth-order valence-corrected chi connectivity index (χ4v) is 2.98. The summed E-state index contributed by atoms with van der Waals surface area (Å²) in [5.41, 5.74) is 1.95. The first kappa shape index (κ1) is 24.4. The Morgan fingerprint density at radius 2 is 1.75 bits per heavy atom. The topological polar surface area (TPSA) is 134 Å². The van der Waals surface area contributed by atoms with Gasteiger partial charge in [-0.15, -0.1) is 0 Å². The second-order valence-corrected chi connectivity index (χ2v) is 7.61. The molecule has 9 nitrogen and oxygen atoms in total. The molecule has 0 unspecified atom stereocenters. The number of ether oxygens (including phenoxy) is 2. The summed E-state index contributed by atoms with van der Waals surface area (Å²) in [7, 11) is 1.41. The molecule has 2 amide bonds. The third-order valence-corrected chi connectivity index (χ3v) is 4.72. The lowest BCUT2D eigenvalue weighted by Crippen LogP contribution is -2.28. The van der Waals surface area contributed by atoms with Crippen molar-refractivity contribution in [3.63, 3.8) is 0 Å². The molecule has 0 aromatic heterocycles. The van der Waals surface area contributed by atoms with Crippen LogP contribution in [-0.4, -0.2) is 35.2 Å². The van der Waals surface area contributed by atoms with Crippen molar-refractivity contribution < 1.29 is 34.2 Å². The van der Waals surface area contributed by atoms with Gasteiger partial charge in [-0.1, -0.05) is 26.0 Å².